The molecule has 24 heavy (non-hydrogen) atoms. The molecule has 0 bridgehead atoms. The van der Waals surface area contributed by atoms with Crippen molar-refractivity contribution in [3.05, 3.63) is 65.4 Å². The van der Waals surface area contributed by atoms with Crippen LogP contribution >= 0.6 is 11.3 Å². The number of aliphatic hydroxyl groups excluding tert-OH is 1. The van der Waals surface area contributed by atoms with Crippen LogP contribution < -0.4 is 5.32 Å². The first kappa shape index (κ1) is 16.2. The highest BCUT2D eigenvalue weighted by molar-refractivity contribution is 7.16. The van der Waals surface area contributed by atoms with E-state index < -0.39 is 6.10 Å². The molecule has 2 aromatic heterocycles. The smallest absolute Gasteiger partial charge is 0.263 e. The van der Waals surface area contributed by atoms with Crippen molar-refractivity contribution in [1.29, 1.82) is 0 Å². The summed E-state index contributed by atoms with van der Waals surface area (Å²) in [4.78, 5) is 25.0. The van der Waals surface area contributed by atoms with E-state index in [1.807, 2.05) is 30.3 Å². The number of amides is 1. The Balaban J connectivity index is 1.53. The van der Waals surface area contributed by atoms with Gasteiger partial charge in [-0.2, -0.15) is 0 Å². The molecular weight excluding hydrogens is 324 g/mol. The predicted molar refractivity (Wildman–Crippen MR) is 91.5 cm³/mol. The second kappa shape index (κ2) is 7.76. The number of aromatic nitrogens is 3. The Labute approximate surface area is 143 Å². The molecular formula is C17H16N4O2S. The Kier molecular flexibility index (Phi) is 5.25. The van der Waals surface area contributed by atoms with E-state index >= 15 is 0 Å². The molecule has 0 spiro atoms. The lowest BCUT2D eigenvalue weighted by atomic mass is 10.1. The number of aliphatic hydroxyl groups is 1. The van der Waals surface area contributed by atoms with Crippen molar-refractivity contribution in [3.63, 3.8) is 0 Å². The van der Waals surface area contributed by atoms with Gasteiger partial charge in [-0.25, -0.2) is 15.0 Å². The zero-order valence-corrected chi connectivity index (χ0v) is 13.6. The van der Waals surface area contributed by atoms with Crippen molar-refractivity contribution in [2.45, 2.75) is 12.5 Å². The monoisotopic (exact) mass is 340 g/mol. The Hall–Kier alpha value is -2.64. The van der Waals surface area contributed by atoms with E-state index in [4.69, 9.17) is 0 Å². The first-order valence-corrected chi connectivity index (χ1v) is 8.30. The van der Waals surface area contributed by atoms with Gasteiger partial charge >= 0.3 is 0 Å². The quantitative estimate of drug-likeness (QED) is 0.720. The van der Waals surface area contributed by atoms with Crippen LogP contribution in [-0.4, -0.2) is 32.5 Å². The average molecular weight is 340 g/mol. The van der Waals surface area contributed by atoms with Crippen molar-refractivity contribution >= 4 is 17.2 Å². The Morgan fingerprint density at radius 2 is 1.88 bits per heavy atom. The molecule has 1 aromatic carbocycles. The second-order valence-corrected chi connectivity index (χ2v) is 6.10. The van der Waals surface area contributed by atoms with E-state index in [0.29, 0.717) is 28.7 Å². The van der Waals surface area contributed by atoms with E-state index in [9.17, 15) is 9.90 Å². The largest absolute Gasteiger partial charge is 0.388 e. The van der Waals surface area contributed by atoms with Gasteiger partial charge in [0, 0.05) is 18.9 Å². The van der Waals surface area contributed by atoms with Crippen LogP contribution in [0, 0.1) is 0 Å². The van der Waals surface area contributed by atoms with E-state index in [2.05, 4.69) is 20.3 Å². The Morgan fingerprint density at radius 1 is 1.12 bits per heavy atom. The molecule has 7 heteroatoms. The number of nitrogens with one attached hydrogen (secondary N) is 1. The van der Waals surface area contributed by atoms with Gasteiger partial charge in [0.05, 0.1) is 12.3 Å². The summed E-state index contributed by atoms with van der Waals surface area (Å²) >= 11 is 1.24. The van der Waals surface area contributed by atoms with E-state index in [1.54, 1.807) is 18.5 Å². The maximum absolute atomic E-state index is 12.1. The van der Waals surface area contributed by atoms with Gasteiger partial charge in [-0.3, -0.25) is 4.79 Å². The normalized spacial score (nSPS) is 11.9. The SMILES string of the molecule is O=C(NCCC(O)c1ccccc1)c1cnc(-c2ncccn2)s1. The predicted octanol–water partition coefficient (Wildman–Crippen LogP) is 2.45. The number of carbonyl (C=O) groups is 1. The number of carbonyl (C=O) groups excluding carboxylic acids is 1. The first-order valence-electron chi connectivity index (χ1n) is 7.48. The fourth-order valence-electron chi connectivity index (χ4n) is 2.14. The second-order valence-electron chi connectivity index (χ2n) is 5.07. The summed E-state index contributed by atoms with van der Waals surface area (Å²) in [5.74, 6) is 0.288. The van der Waals surface area contributed by atoms with Crippen LogP contribution in [0.2, 0.25) is 0 Å². The lowest BCUT2D eigenvalue weighted by Gasteiger charge is -2.11. The molecule has 2 N–H and O–H groups in total. The number of rotatable bonds is 6. The van der Waals surface area contributed by atoms with Crippen LogP contribution in [0.4, 0.5) is 0 Å². The fraction of sp³-hybridized carbons (Fsp3) is 0.176. The molecule has 1 atom stereocenters. The number of nitrogens with zero attached hydrogens (tertiary/aromatic N) is 3. The van der Waals surface area contributed by atoms with Crippen LogP contribution in [0.1, 0.15) is 27.8 Å². The van der Waals surface area contributed by atoms with Gasteiger partial charge in [0.25, 0.3) is 5.91 Å². The van der Waals surface area contributed by atoms with Crippen molar-refractivity contribution in [1.82, 2.24) is 20.3 Å². The molecule has 6 nitrogen and oxygen atoms in total. The molecule has 3 aromatic rings. The number of benzene rings is 1. The number of hydrogen-bond acceptors (Lipinski definition) is 6. The van der Waals surface area contributed by atoms with Crippen LogP contribution in [-0.2, 0) is 0 Å². The van der Waals surface area contributed by atoms with Crippen molar-refractivity contribution in [2.24, 2.45) is 0 Å². The molecule has 0 radical (unpaired) electrons. The molecule has 122 valence electrons. The van der Waals surface area contributed by atoms with Gasteiger partial charge in [0.1, 0.15) is 4.88 Å². The minimum Gasteiger partial charge on any atom is -0.388 e. The van der Waals surface area contributed by atoms with Crippen LogP contribution in [0.3, 0.4) is 0 Å². The summed E-state index contributed by atoms with van der Waals surface area (Å²) in [5, 5.41) is 13.5. The average Bonchev–Trinajstić information content (AvgIpc) is 3.13. The lowest BCUT2D eigenvalue weighted by Crippen LogP contribution is -2.24. The summed E-state index contributed by atoms with van der Waals surface area (Å²) in [6, 6.07) is 11.1. The minimum atomic E-state index is -0.596. The van der Waals surface area contributed by atoms with Gasteiger partial charge in [0.2, 0.25) is 0 Å². The highest BCUT2D eigenvalue weighted by atomic mass is 32.1. The molecule has 0 aliphatic carbocycles. The molecule has 0 saturated heterocycles. The van der Waals surface area contributed by atoms with Gasteiger partial charge < -0.3 is 10.4 Å². The Bertz CT molecular complexity index is 793. The van der Waals surface area contributed by atoms with E-state index in [-0.39, 0.29) is 5.91 Å². The highest BCUT2D eigenvalue weighted by Crippen LogP contribution is 2.21. The Morgan fingerprint density at radius 3 is 2.62 bits per heavy atom. The molecule has 1 amide bonds. The third-order valence-electron chi connectivity index (χ3n) is 3.37. The summed E-state index contributed by atoms with van der Waals surface area (Å²) in [7, 11) is 0. The van der Waals surface area contributed by atoms with Crippen molar-refractivity contribution in [2.75, 3.05) is 6.54 Å². The zero-order chi connectivity index (χ0) is 16.8. The molecule has 1 unspecified atom stereocenters. The maximum atomic E-state index is 12.1. The molecule has 0 saturated carbocycles. The fourth-order valence-corrected chi connectivity index (χ4v) is 2.92. The van der Waals surface area contributed by atoms with Gasteiger partial charge in [0.15, 0.2) is 10.8 Å². The molecule has 2 heterocycles. The number of thiazole rings is 1. The van der Waals surface area contributed by atoms with Gasteiger partial charge in [-0.1, -0.05) is 30.3 Å². The number of hydrogen-bond donors (Lipinski definition) is 2. The third kappa shape index (κ3) is 4.01. The van der Waals surface area contributed by atoms with Crippen molar-refractivity contribution in [3.8, 4) is 10.8 Å². The first-order chi connectivity index (χ1) is 11.7. The van der Waals surface area contributed by atoms with E-state index in [1.165, 1.54) is 17.5 Å². The van der Waals surface area contributed by atoms with Gasteiger partial charge in [-0.05, 0) is 18.1 Å². The van der Waals surface area contributed by atoms with Crippen LogP contribution in [0.15, 0.2) is 55.0 Å². The third-order valence-corrected chi connectivity index (χ3v) is 4.37. The lowest BCUT2D eigenvalue weighted by molar-refractivity contribution is 0.0946. The molecule has 0 aliphatic heterocycles. The van der Waals surface area contributed by atoms with Crippen LogP contribution in [0.5, 0.6) is 0 Å². The summed E-state index contributed by atoms with van der Waals surface area (Å²) in [6.07, 6.45) is 4.63. The van der Waals surface area contributed by atoms with Crippen molar-refractivity contribution < 1.29 is 9.90 Å². The summed E-state index contributed by atoms with van der Waals surface area (Å²) in [5.41, 5.74) is 0.841. The summed E-state index contributed by atoms with van der Waals surface area (Å²) < 4.78 is 0. The molecule has 0 aliphatic rings. The zero-order valence-electron chi connectivity index (χ0n) is 12.8. The van der Waals surface area contributed by atoms with Gasteiger partial charge in [-0.15, -0.1) is 11.3 Å². The van der Waals surface area contributed by atoms with Crippen LogP contribution in [0.25, 0.3) is 10.8 Å². The standard InChI is InChI=1S/C17H16N4O2S/c22-13(12-5-2-1-3-6-12)7-10-20-16(23)14-11-21-17(24-14)15-18-8-4-9-19-15/h1-6,8-9,11,13,22H,7,10H2,(H,20,23). The summed E-state index contributed by atoms with van der Waals surface area (Å²) in [6.45, 7) is 0.379. The van der Waals surface area contributed by atoms with E-state index in [0.717, 1.165) is 5.56 Å². The minimum absolute atomic E-state index is 0.213. The topological polar surface area (TPSA) is 88.0 Å². The highest BCUT2D eigenvalue weighted by Gasteiger charge is 2.13. The molecule has 3 rings (SSSR count). The maximum Gasteiger partial charge on any atom is 0.263 e. The molecule has 0 fully saturated rings.